The van der Waals surface area contributed by atoms with Gasteiger partial charge >= 0.3 is 0 Å². The van der Waals surface area contributed by atoms with E-state index in [1.165, 1.54) is 18.9 Å². The highest BCUT2D eigenvalue weighted by Crippen LogP contribution is 2.32. The van der Waals surface area contributed by atoms with Crippen molar-refractivity contribution in [3.8, 4) is 16.9 Å². The zero-order chi connectivity index (χ0) is 23.1. The van der Waals surface area contributed by atoms with Gasteiger partial charge in [0.1, 0.15) is 5.75 Å². The van der Waals surface area contributed by atoms with E-state index in [4.69, 9.17) is 4.74 Å². The molecule has 1 amide bonds. The topological polar surface area (TPSA) is 55.3 Å². The van der Waals surface area contributed by atoms with E-state index in [0.29, 0.717) is 12.1 Å². The zero-order valence-corrected chi connectivity index (χ0v) is 18.5. The molecule has 0 bridgehead atoms. The summed E-state index contributed by atoms with van der Waals surface area (Å²) in [5.74, 6) is -2.41. The summed E-state index contributed by atoms with van der Waals surface area (Å²) in [4.78, 5) is 21.3. The molecular weight excluding hydrogens is 412 g/mol. The number of para-hydroxylation sites is 1. The first-order valence-electron chi connectivity index (χ1n) is 10.4. The molecule has 0 spiro atoms. The van der Waals surface area contributed by atoms with Gasteiger partial charge in [-0.2, -0.15) is 0 Å². The Balaban J connectivity index is 1.71. The summed E-state index contributed by atoms with van der Waals surface area (Å²) >= 11 is 0. The second-order valence-electron chi connectivity index (χ2n) is 7.76. The molecule has 0 aliphatic carbocycles. The number of halogens is 2. The molecule has 168 valence electrons. The van der Waals surface area contributed by atoms with Crippen molar-refractivity contribution >= 4 is 5.91 Å². The second kappa shape index (κ2) is 10.3. The fourth-order valence-corrected chi connectivity index (χ4v) is 3.39. The minimum absolute atomic E-state index is 0.00577. The number of benzene rings is 1. The standard InChI is InChI=1S/C25H27F2N3O2/c1-18(31)30(2)14-12-25(26,27)16-20-11-10-19(17-29-20)15-23-21(8-6-13-28-23)22-7-4-5-9-24(22)32-3/h4-11,13,17H,12,14-16H2,1-3H3. The molecule has 5 nitrogen and oxygen atoms in total. The Kier molecular flexibility index (Phi) is 7.51. The molecule has 0 saturated carbocycles. The van der Waals surface area contributed by atoms with E-state index in [0.717, 1.165) is 28.1 Å². The van der Waals surface area contributed by atoms with Gasteiger partial charge in [0.15, 0.2) is 0 Å². The minimum atomic E-state index is -2.93. The molecule has 3 rings (SSSR count). The molecule has 0 fully saturated rings. The van der Waals surface area contributed by atoms with Crippen LogP contribution in [0.3, 0.4) is 0 Å². The van der Waals surface area contributed by atoms with Crippen molar-refractivity contribution in [2.24, 2.45) is 0 Å². The summed E-state index contributed by atoms with van der Waals surface area (Å²) in [6, 6.07) is 15.0. The van der Waals surface area contributed by atoms with Crippen LogP contribution in [0.4, 0.5) is 8.78 Å². The molecule has 0 radical (unpaired) electrons. The highest BCUT2D eigenvalue weighted by molar-refractivity contribution is 5.73. The summed E-state index contributed by atoms with van der Waals surface area (Å²) in [5, 5.41) is 0. The molecule has 2 aromatic heterocycles. The quantitative estimate of drug-likeness (QED) is 0.481. The van der Waals surface area contributed by atoms with E-state index in [-0.39, 0.29) is 12.5 Å². The van der Waals surface area contributed by atoms with Crippen molar-refractivity contribution < 1.29 is 18.3 Å². The highest BCUT2D eigenvalue weighted by atomic mass is 19.3. The summed E-state index contributed by atoms with van der Waals surface area (Å²) in [7, 11) is 3.15. The first-order valence-corrected chi connectivity index (χ1v) is 10.4. The van der Waals surface area contributed by atoms with Crippen molar-refractivity contribution in [2.45, 2.75) is 32.1 Å². The van der Waals surface area contributed by atoms with Crippen LogP contribution in [0.15, 0.2) is 60.9 Å². The summed E-state index contributed by atoms with van der Waals surface area (Å²) < 4.78 is 34.1. The van der Waals surface area contributed by atoms with Gasteiger partial charge in [-0.15, -0.1) is 0 Å². The fraction of sp³-hybridized carbons (Fsp3) is 0.320. The number of ether oxygens (including phenoxy) is 1. The van der Waals surface area contributed by atoms with E-state index >= 15 is 0 Å². The maximum atomic E-state index is 14.3. The average Bonchev–Trinajstić information content (AvgIpc) is 2.79. The Morgan fingerprint density at radius 1 is 1.06 bits per heavy atom. The van der Waals surface area contributed by atoms with Crippen LogP contribution in [0.1, 0.15) is 30.3 Å². The molecule has 3 aromatic rings. The van der Waals surface area contributed by atoms with Crippen molar-refractivity contribution in [2.75, 3.05) is 20.7 Å². The van der Waals surface area contributed by atoms with Crippen molar-refractivity contribution in [3.63, 3.8) is 0 Å². The third-order valence-electron chi connectivity index (χ3n) is 5.34. The third kappa shape index (κ3) is 6.09. The fourth-order valence-electron chi connectivity index (χ4n) is 3.39. The number of aromatic nitrogens is 2. The van der Waals surface area contributed by atoms with Crippen LogP contribution in [0.2, 0.25) is 0 Å². The molecule has 2 heterocycles. The number of methoxy groups -OCH3 is 1. The number of carbonyl (C=O) groups excluding carboxylic acids is 1. The van der Waals surface area contributed by atoms with Crippen LogP contribution in [0, 0.1) is 0 Å². The number of carbonyl (C=O) groups is 1. The van der Waals surface area contributed by atoms with Crippen LogP contribution in [0.25, 0.3) is 11.1 Å². The van der Waals surface area contributed by atoms with Gasteiger partial charge in [-0.25, -0.2) is 8.78 Å². The highest BCUT2D eigenvalue weighted by Gasteiger charge is 2.30. The van der Waals surface area contributed by atoms with Gasteiger partial charge in [0.2, 0.25) is 5.91 Å². The number of amides is 1. The van der Waals surface area contributed by atoms with E-state index in [9.17, 15) is 13.6 Å². The number of alkyl halides is 2. The Bertz CT molecular complexity index is 1060. The normalized spacial score (nSPS) is 11.3. The number of rotatable bonds is 9. The molecule has 32 heavy (non-hydrogen) atoms. The first kappa shape index (κ1) is 23.3. The van der Waals surface area contributed by atoms with Gasteiger partial charge < -0.3 is 9.64 Å². The predicted octanol–water partition coefficient (Wildman–Crippen LogP) is 4.79. The second-order valence-corrected chi connectivity index (χ2v) is 7.76. The van der Waals surface area contributed by atoms with Crippen LogP contribution in [0.5, 0.6) is 5.75 Å². The zero-order valence-electron chi connectivity index (χ0n) is 18.5. The van der Waals surface area contributed by atoms with Gasteiger partial charge in [-0.05, 0) is 23.8 Å². The lowest BCUT2D eigenvalue weighted by Gasteiger charge is -2.20. The van der Waals surface area contributed by atoms with Crippen molar-refractivity contribution in [1.82, 2.24) is 14.9 Å². The van der Waals surface area contributed by atoms with Crippen LogP contribution < -0.4 is 4.74 Å². The molecule has 0 saturated heterocycles. The van der Waals surface area contributed by atoms with Crippen molar-refractivity contribution in [1.29, 1.82) is 0 Å². The molecule has 0 aliphatic rings. The molecule has 0 N–H and O–H groups in total. The SMILES string of the molecule is COc1ccccc1-c1cccnc1Cc1ccc(CC(F)(F)CCN(C)C(C)=O)nc1. The number of nitrogens with zero attached hydrogens (tertiary/aromatic N) is 3. The predicted molar refractivity (Wildman–Crippen MR) is 120 cm³/mol. The maximum absolute atomic E-state index is 14.3. The van der Waals surface area contributed by atoms with Gasteiger partial charge in [-0.3, -0.25) is 14.8 Å². The molecule has 7 heteroatoms. The first-order chi connectivity index (χ1) is 15.3. The average molecular weight is 440 g/mol. The maximum Gasteiger partial charge on any atom is 0.255 e. The van der Waals surface area contributed by atoms with Gasteiger partial charge in [-0.1, -0.05) is 30.3 Å². The minimum Gasteiger partial charge on any atom is -0.496 e. The molecular formula is C25H27F2N3O2. The lowest BCUT2D eigenvalue weighted by Crippen LogP contribution is -2.31. The molecule has 1 aromatic carbocycles. The Morgan fingerprint density at radius 2 is 1.81 bits per heavy atom. The van der Waals surface area contributed by atoms with Gasteiger partial charge in [0, 0.05) is 62.6 Å². The van der Waals surface area contributed by atoms with E-state index < -0.39 is 18.8 Å². The van der Waals surface area contributed by atoms with Gasteiger partial charge in [0.05, 0.1) is 19.2 Å². The van der Waals surface area contributed by atoms with Crippen LogP contribution >= 0.6 is 0 Å². The Morgan fingerprint density at radius 3 is 2.50 bits per heavy atom. The monoisotopic (exact) mass is 439 g/mol. The van der Waals surface area contributed by atoms with Crippen molar-refractivity contribution in [3.05, 3.63) is 77.9 Å². The number of pyridine rings is 2. The Labute approximate surface area is 187 Å². The van der Waals surface area contributed by atoms with E-state index in [1.807, 2.05) is 36.4 Å². The largest absolute Gasteiger partial charge is 0.496 e. The summed E-state index contributed by atoms with van der Waals surface area (Å²) in [5.41, 5.74) is 3.94. The van der Waals surface area contributed by atoms with Crippen LogP contribution in [-0.4, -0.2) is 47.4 Å². The van der Waals surface area contributed by atoms with E-state index in [2.05, 4.69) is 9.97 Å². The lowest BCUT2D eigenvalue weighted by molar-refractivity contribution is -0.128. The van der Waals surface area contributed by atoms with Crippen LogP contribution in [-0.2, 0) is 17.6 Å². The molecule has 0 atom stereocenters. The lowest BCUT2D eigenvalue weighted by atomic mass is 9.99. The smallest absolute Gasteiger partial charge is 0.255 e. The third-order valence-corrected chi connectivity index (χ3v) is 5.34. The summed E-state index contributed by atoms with van der Waals surface area (Å²) in [6.07, 6.45) is 3.00. The van der Waals surface area contributed by atoms with Gasteiger partial charge in [0.25, 0.3) is 5.92 Å². The number of hydrogen-bond acceptors (Lipinski definition) is 4. The Hall–Kier alpha value is -3.35. The molecule has 0 unspecified atom stereocenters. The number of hydrogen-bond donors (Lipinski definition) is 0. The van der Waals surface area contributed by atoms with E-state index in [1.54, 1.807) is 31.6 Å². The summed E-state index contributed by atoms with van der Waals surface area (Å²) in [6.45, 7) is 1.37. The molecule has 0 aliphatic heterocycles.